The lowest BCUT2D eigenvalue weighted by Crippen LogP contribution is -2.15. The number of anilines is 1. The zero-order valence-corrected chi connectivity index (χ0v) is 11.3. The van der Waals surface area contributed by atoms with Gasteiger partial charge in [0.25, 0.3) is 5.91 Å². The topological polar surface area (TPSA) is 29.1 Å². The molecule has 1 amide bonds. The van der Waals surface area contributed by atoms with Gasteiger partial charge in [-0.25, -0.2) is 17.6 Å². The van der Waals surface area contributed by atoms with Gasteiger partial charge in [-0.15, -0.1) is 0 Å². The third-order valence-electron chi connectivity index (χ3n) is 2.43. The Morgan fingerprint density at radius 3 is 2.20 bits per heavy atom. The molecule has 104 valence electrons. The summed E-state index contributed by atoms with van der Waals surface area (Å²) in [6, 6.07) is 4.42. The van der Waals surface area contributed by atoms with Gasteiger partial charge in [0.15, 0.2) is 11.6 Å². The Morgan fingerprint density at radius 2 is 1.55 bits per heavy atom. The van der Waals surface area contributed by atoms with Gasteiger partial charge in [-0.2, -0.15) is 0 Å². The zero-order valence-electron chi connectivity index (χ0n) is 9.68. The highest BCUT2D eigenvalue weighted by Gasteiger charge is 2.16. The Labute approximate surface area is 119 Å². The molecule has 2 aromatic carbocycles. The van der Waals surface area contributed by atoms with E-state index in [1.165, 1.54) is 12.1 Å². The maximum atomic E-state index is 13.5. The van der Waals surface area contributed by atoms with E-state index in [0.717, 1.165) is 6.07 Å². The molecular formula is C13H6BrF4NO. The molecule has 0 fully saturated rings. The van der Waals surface area contributed by atoms with Crippen molar-refractivity contribution in [2.24, 2.45) is 0 Å². The Kier molecular flexibility index (Phi) is 4.08. The van der Waals surface area contributed by atoms with Gasteiger partial charge < -0.3 is 5.32 Å². The standard InChI is InChI=1S/C13H6BrF4NO/c14-6-1-2-7(8(15)3-6)13(20)19-12-5-10(17)9(16)4-11(12)18/h1-5H,(H,19,20). The quantitative estimate of drug-likeness (QED) is 0.638. The molecule has 0 unspecified atom stereocenters. The molecule has 0 aliphatic heterocycles. The second kappa shape index (κ2) is 5.62. The third kappa shape index (κ3) is 2.98. The third-order valence-corrected chi connectivity index (χ3v) is 2.93. The average Bonchev–Trinajstić information content (AvgIpc) is 2.35. The van der Waals surface area contributed by atoms with Crippen LogP contribution >= 0.6 is 15.9 Å². The number of amides is 1. The normalized spacial score (nSPS) is 10.4. The minimum absolute atomic E-state index is 0.295. The van der Waals surface area contributed by atoms with E-state index in [9.17, 15) is 22.4 Å². The smallest absolute Gasteiger partial charge is 0.258 e. The second-order valence-electron chi connectivity index (χ2n) is 3.82. The lowest BCUT2D eigenvalue weighted by molar-refractivity contribution is 0.102. The fourth-order valence-electron chi connectivity index (χ4n) is 1.48. The first-order valence-electron chi connectivity index (χ1n) is 5.29. The fourth-order valence-corrected chi connectivity index (χ4v) is 1.81. The Hall–Kier alpha value is -1.89. The molecule has 0 atom stereocenters. The van der Waals surface area contributed by atoms with Gasteiger partial charge >= 0.3 is 0 Å². The zero-order chi connectivity index (χ0) is 14.9. The van der Waals surface area contributed by atoms with E-state index in [4.69, 9.17) is 0 Å². The van der Waals surface area contributed by atoms with Crippen LogP contribution in [0.25, 0.3) is 0 Å². The summed E-state index contributed by atoms with van der Waals surface area (Å²) in [5.74, 6) is -5.66. The van der Waals surface area contributed by atoms with Gasteiger partial charge in [0.1, 0.15) is 11.6 Å². The van der Waals surface area contributed by atoms with Crippen LogP contribution in [0.5, 0.6) is 0 Å². The summed E-state index contributed by atoms with van der Waals surface area (Å²) in [7, 11) is 0. The van der Waals surface area contributed by atoms with E-state index in [0.29, 0.717) is 16.6 Å². The summed E-state index contributed by atoms with van der Waals surface area (Å²) in [5.41, 5.74) is -0.923. The van der Waals surface area contributed by atoms with Crippen LogP contribution in [0.1, 0.15) is 10.4 Å². The number of nitrogens with one attached hydrogen (secondary N) is 1. The van der Waals surface area contributed by atoms with Crippen LogP contribution in [-0.4, -0.2) is 5.91 Å². The maximum absolute atomic E-state index is 13.5. The highest BCUT2D eigenvalue weighted by molar-refractivity contribution is 9.10. The molecule has 0 saturated carbocycles. The molecule has 20 heavy (non-hydrogen) atoms. The van der Waals surface area contributed by atoms with Crippen molar-refractivity contribution in [3.05, 3.63) is 63.6 Å². The molecule has 2 aromatic rings. The van der Waals surface area contributed by atoms with Crippen LogP contribution in [-0.2, 0) is 0 Å². The first-order valence-corrected chi connectivity index (χ1v) is 6.08. The number of hydrogen-bond donors (Lipinski definition) is 1. The summed E-state index contributed by atoms with van der Waals surface area (Å²) >= 11 is 3.02. The summed E-state index contributed by atoms with van der Waals surface area (Å²) < 4.78 is 53.0. The van der Waals surface area contributed by atoms with Gasteiger partial charge in [-0.1, -0.05) is 15.9 Å². The van der Waals surface area contributed by atoms with E-state index in [1.807, 2.05) is 5.32 Å². The van der Waals surface area contributed by atoms with Crippen LogP contribution in [0.2, 0.25) is 0 Å². The van der Waals surface area contributed by atoms with Crippen molar-refractivity contribution in [3.8, 4) is 0 Å². The van der Waals surface area contributed by atoms with Crippen molar-refractivity contribution < 1.29 is 22.4 Å². The number of rotatable bonds is 2. The van der Waals surface area contributed by atoms with Gasteiger partial charge in [0.2, 0.25) is 0 Å². The van der Waals surface area contributed by atoms with Crippen molar-refractivity contribution in [1.82, 2.24) is 0 Å². The van der Waals surface area contributed by atoms with Gasteiger partial charge in [0, 0.05) is 16.6 Å². The minimum Gasteiger partial charge on any atom is -0.319 e. The molecule has 0 saturated heterocycles. The molecule has 2 rings (SSSR count). The predicted molar refractivity (Wildman–Crippen MR) is 68.4 cm³/mol. The molecule has 0 aliphatic carbocycles. The van der Waals surface area contributed by atoms with E-state index < -0.39 is 34.9 Å². The van der Waals surface area contributed by atoms with E-state index >= 15 is 0 Å². The Balaban J connectivity index is 2.30. The molecule has 0 aliphatic rings. The fraction of sp³-hybridized carbons (Fsp3) is 0. The van der Waals surface area contributed by atoms with Gasteiger partial charge in [-0.3, -0.25) is 4.79 Å². The van der Waals surface area contributed by atoms with Crippen molar-refractivity contribution in [1.29, 1.82) is 0 Å². The molecule has 7 heteroatoms. The second-order valence-corrected chi connectivity index (χ2v) is 4.74. The molecule has 0 heterocycles. The molecule has 1 N–H and O–H groups in total. The van der Waals surface area contributed by atoms with Crippen LogP contribution < -0.4 is 5.32 Å². The molecule has 0 bridgehead atoms. The molecular weight excluding hydrogens is 342 g/mol. The number of carbonyl (C=O) groups excluding carboxylic acids is 1. The Morgan fingerprint density at radius 1 is 0.900 bits per heavy atom. The van der Waals surface area contributed by atoms with Crippen LogP contribution in [0.15, 0.2) is 34.8 Å². The number of carbonyl (C=O) groups is 1. The molecule has 0 radical (unpaired) electrons. The average molecular weight is 348 g/mol. The van der Waals surface area contributed by atoms with Crippen molar-refractivity contribution >= 4 is 27.5 Å². The lowest BCUT2D eigenvalue weighted by atomic mass is 10.2. The summed E-state index contributed by atoms with van der Waals surface area (Å²) in [6.45, 7) is 0. The van der Waals surface area contributed by atoms with Crippen LogP contribution in [0.3, 0.4) is 0 Å². The van der Waals surface area contributed by atoms with Crippen LogP contribution in [0.4, 0.5) is 23.2 Å². The minimum atomic E-state index is -1.38. The molecule has 0 spiro atoms. The van der Waals surface area contributed by atoms with E-state index in [-0.39, 0.29) is 5.56 Å². The number of benzene rings is 2. The maximum Gasteiger partial charge on any atom is 0.258 e. The van der Waals surface area contributed by atoms with Gasteiger partial charge in [-0.05, 0) is 18.2 Å². The number of halogens is 5. The van der Waals surface area contributed by atoms with E-state index in [1.54, 1.807) is 0 Å². The molecule has 2 nitrogen and oxygen atoms in total. The van der Waals surface area contributed by atoms with Crippen LogP contribution in [0, 0.1) is 23.3 Å². The lowest BCUT2D eigenvalue weighted by Gasteiger charge is -2.08. The predicted octanol–water partition coefficient (Wildman–Crippen LogP) is 4.26. The summed E-state index contributed by atoms with van der Waals surface area (Å²) in [5, 5.41) is 1.98. The van der Waals surface area contributed by atoms with Gasteiger partial charge in [0.05, 0.1) is 11.3 Å². The number of hydrogen-bond acceptors (Lipinski definition) is 1. The monoisotopic (exact) mass is 347 g/mol. The Bertz CT molecular complexity index is 690. The highest BCUT2D eigenvalue weighted by atomic mass is 79.9. The molecule has 0 aromatic heterocycles. The largest absolute Gasteiger partial charge is 0.319 e. The van der Waals surface area contributed by atoms with Crippen molar-refractivity contribution in [2.75, 3.05) is 5.32 Å². The van der Waals surface area contributed by atoms with Crippen molar-refractivity contribution in [3.63, 3.8) is 0 Å². The first kappa shape index (κ1) is 14.5. The highest BCUT2D eigenvalue weighted by Crippen LogP contribution is 2.21. The van der Waals surface area contributed by atoms with Crippen molar-refractivity contribution in [2.45, 2.75) is 0 Å². The summed E-state index contributed by atoms with van der Waals surface area (Å²) in [6.07, 6.45) is 0. The SMILES string of the molecule is O=C(Nc1cc(F)c(F)cc1F)c1ccc(Br)cc1F. The first-order chi connectivity index (χ1) is 9.38. The van der Waals surface area contributed by atoms with E-state index in [2.05, 4.69) is 15.9 Å². The summed E-state index contributed by atoms with van der Waals surface area (Å²) in [4.78, 5) is 11.7.